The summed E-state index contributed by atoms with van der Waals surface area (Å²) in [5, 5.41) is 12.8. The number of pyridine rings is 1. The van der Waals surface area contributed by atoms with Crippen LogP contribution in [0.2, 0.25) is 0 Å². The van der Waals surface area contributed by atoms with Crippen LogP contribution in [0.4, 0.5) is 5.82 Å². The van der Waals surface area contributed by atoms with Gasteiger partial charge in [-0.05, 0) is 37.0 Å². The number of aromatic nitrogens is 1. The van der Waals surface area contributed by atoms with Gasteiger partial charge in [0.05, 0.1) is 11.3 Å². The highest BCUT2D eigenvalue weighted by molar-refractivity contribution is 6.00. The molecule has 0 amide bonds. The molecule has 1 aromatic heterocycles. The monoisotopic (exact) mass is 294 g/mol. The van der Waals surface area contributed by atoms with Crippen molar-refractivity contribution in [3.8, 4) is 0 Å². The summed E-state index contributed by atoms with van der Waals surface area (Å²) in [6.07, 6.45) is 0.514. The third-order valence-electron chi connectivity index (χ3n) is 3.97. The van der Waals surface area contributed by atoms with Gasteiger partial charge in [0, 0.05) is 11.3 Å². The van der Waals surface area contributed by atoms with Crippen molar-refractivity contribution >= 4 is 17.5 Å². The summed E-state index contributed by atoms with van der Waals surface area (Å²) in [6.45, 7) is 3.97. The van der Waals surface area contributed by atoms with Gasteiger partial charge < -0.3 is 10.4 Å². The number of hydrogen-bond donors (Lipinski definition) is 2. The second-order valence-corrected chi connectivity index (χ2v) is 5.64. The topological polar surface area (TPSA) is 62.2 Å². The fourth-order valence-electron chi connectivity index (χ4n) is 2.91. The van der Waals surface area contributed by atoms with Gasteiger partial charge in [0.25, 0.3) is 0 Å². The predicted molar refractivity (Wildman–Crippen MR) is 86.6 cm³/mol. The molecule has 0 aliphatic heterocycles. The molecule has 1 heterocycles. The summed E-state index contributed by atoms with van der Waals surface area (Å²) >= 11 is 0. The molecule has 1 atom stereocenters. The highest BCUT2D eigenvalue weighted by Gasteiger charge is 2.27. The molecule has 4 heteroatoms. The third kappa shape index (κ3) is 2.60. The van der Waals surface area contributed by atoms with Crippen LogP contribution in [0.1, 0.15) is 36.1 Å². The van der Waals surface area contributed by atoms with E-state index in [0.29, 0.717) is 23.5 Å². The van der Waals surface area contributed by atoms with Crippen molar-refractivity contribution in [2.45, 2.75) is 26.2 Å². The van der Waals surface area contributed by atoms with Gasteiger partial charge in [-0.25, -0.2) is 9.78 Å². The van der Waals surface area contributed by atoms with E-state index in [4.69, 9.17) is 0 Å². The molecule has 1 aliphatic rings. The van der Waals surface area contributed by atoms with E-state index in [1.807, 2.05) is 43.3 Å². The fourth-order valence-corrected chi connectivity index (χ4v) is 2.91. The van der Waals surface area contributed by atoms with Gasteiger partial charge in [-0.1, -0.05) is 37.3 Å². The van der Waals surface area contributed by atoms with Gasteiger partial charge in [-0.3, -0.25) is 0 Å². The molecule has 0 fully saturated rings. The first-order valence-corrected chi connectivity index (χ1v) is 7.32. The number of rotatable bonds is 3. The molecule has 112 valence electrons. The van der Waals surface area contributed by atoms with E-state index in [1.54, 1.807) is 0 Å². The molecule has 4 nitrogen and oxygen atoms in total. The van der Waals surface area contributed by atoms with Crippen molar-refractivity contribution in [1.29, 1.82) is 0 Å². The number of aryl methyl sites for hydroxylation is 1. The zero-order valence-corrected chi connectivity index (χ0v) is 12.6. The lowest BCUT2D eigenvalue weighted by molar-refractivity contribution is -0.132. The van der Waals surface area contributed by atoms with Crippen LogP contribution in [-0.2, 0) is 4.79 Å². The number of hydrogen-bond acceptors (Lipinski definition) is 3. The molecule has 1 unspecified atom stereocenters. The summed E-state index contributed by atoms with van der Waals surface area (Å²) in [4.78, 5) is 16.1. The predicted octanol–water partition coefficient (Wildman–Crippen LogP) is 3.81. The molecule has 0 radical (unpaired) electrons. The Bertz CT molecular complexity index is 765. The van der Waals surface area contributed by atoms with E-state index in [0.717, 1.165) is 11.3 Å². The van der Waals surface area contributed by atoms with Crippen LogP contribution >= 0.6 is 0 Å². The van der Waals surface area contributed by atoms with Crippen molar-refractivity contribution in [2.75, 3.05) is 5.32 Å². The SMILES string of the molecule is Cc1cccc(NC2=C(C(=O)O)CC(C)c3ccccc32)n1. The van der Waals surface area contributed by atoms with Crippen molar-refractivity contribution in [2.24, 2.45) is 0 Å². The summed E-state index contributed by atoms with van der Waals surface area (Å²) in [6, 6.07) is 13.6. The maximum atomic E-state index is 11.7. The van der Waals surface area contributed by atoms with Crippen molar-refractivity contribution < 1.29 is 9.90 Å². The Morgan fingerprint density at radius 2 is 2.00 bits per heavy atom. The second kappa shape index (κ2) is 5.64. The number of fused-ring (bicyclic) bond motifs is 1. The van der Waals surface area contributed by atoms with Crippen LogP contribution in [-0.4, -0.2) is 16.1 Å². The summed E-state index contributed by atoms with van der Waals surface area (Å²) < 4.78 is 0. The molecule has 0 bridgehead atoms. The third-order valence-corrected chi connectivity index (χ3v) is 3.97. The summed E-state index contributed by atoms with van der Waals surface area (Å²) in [5.41, 5.74) is 4.07. The van der Waals surface area contributed by atoms with Crippen LogP contribution in [0.3, 0.4) is 0 Å². The second-order valence-electron chi connectivity index (χ2n) is 5.64. The highest BCUT2D eigenvalue weighted by Crippen LogP contribution is 2.38. The number of carbonyl (C=O) groups is 1. The lowest BCUT2D eigenvalue weighted by Crippen LogP contribution is -2.18. The minimum Gasteiger partial charge on any atom is -0.478 e. The molecular weight excluding hydrogens is 276 g/mol. The van der Waals surface area contributed by atoms with E-state index in [2.05, 4.69) is 23.3 Å². The normalized spacial score (nSPS) is 17.1. The van der Waals surface area contributed by atoms with Gasteiger partial charge in [-0.2, -0.15) is 0 Å². The van der Waals surface area contributed by atoms with Gasteiger partial charge in [0.1, 0.15) is 5.82 Å². The van der Waals surface area contributed by atoms with Crippen molar-refractivity contribution in [3.63, 3.8) is 0 Å². The summed E-state index contributed by atoms with van der Waals surface area (Å²) in [5.74, 6) is -0.0204. The largest absolute Gasteiger partial charge is 0.478 e. The van der Waals surface area contributed by atoms with Crippen LogP contribution in [0.15, 0.2) is 48.0 Å². The van der Waals surface area contributed by atoms with Crippen LogP contribution in [0.25, 0.3) is 5.70 Å². The van der Waals surface area contributed by atoms with Gasteiger partial charge >= 0.3 is 5.97 Å². The van der Waals surface area contributed by atoms with Crippen LogP contribution in [0.5, 0.6) is 0 Å². The smallest absolute Gasteiger partial charge is 0.333 e. The molecule has 0 saturated heterocycles. The Hall–Kier alpha value is -2.62. The lowest BCUT2D eigenvalue weighted by Gasteiger charge is -2.26. The number of anilines is 1. The van der Waals surface area contributed by atoms with E-state index >= 15 is 0 Å². The number of nitrogens with zero attached hydrogens (tertiary/aromatic N) is 1. The Kier molecular flexibility index (Phi) is 3.67. The van der Waals surface area contributed by atoms with E-state index < -0.39 is 5.97 Å². The summed E-state index contributed by atoms with van der Waals surface area (Å²) in [7, 11) is 0. The molecule has 3 rings (SSSR count). The maximum absolute atomic E-state index is 11.7. The zero-order chi connectivity index (χ0) is 15.7. The molecule has 0 saturated carbocycles. The number of carboxylic acid groups (broad SMARTS) is 1. The molecule has 0 spiro atoms. The molecular formula is C18H18N2O2. The first kappa shape index (κ1) is 14.3. The van der Waals surface area contributed by atoms with E-state index in [1.165, 1.54) is 5.56 Å². The molecule has 2 N–H and O–H groups in total. The van der Waals surface area contributed by atoms with Crippen molar-refractivity contribution in [3.05, 3.63) is 64.9 Å². The van der Waals surface area contributed by atoms with Gasteiger partial charge in [0.15, 0.2) is 0 Å². The number of aliphatic carboxylic acids is 1. The molecule has 1 aromatic carbocycles. The molecule has 22 heavy (non-hydrogen) atoms. The quantitative estimate of drug-likeness (QED) is 0.903. The average molecular weight is 294 g/mol. The molecule has 2 aromatic rings. The van der Waals surface area contributed by atoms with Crippen LogP contribution < -0.4 is 5.32 Å². The highest BCUT2D eigenvalue weighted by atomic mass is 16.4. The Labute approximate surface area is 129 Å². The number of nitrogens with one attached hydrogen (secondary N) is 1. The van der Waals surface area contributed by atoms with Gasteiger partial charge in [-0.15, -0.1) is 0 Å². The Morgan fingerprint density at radius 3 is 2.73 bits per heavy atom. The Morgan fingerprint density at radius 1 is 1.23 bits per heavy atom. The lowest BCUT2D eigenvalue weighted by atomic mass is 9.82. The number of carboxylic acids is 1. The standard InChI is InChI=1S/C18H18N2O2/c1-11-10-15(18(21)22)17(14-8-4-3-7-13(11)14)20-16-9-5-6-12(2)19-16/h3-9,11H,10H2,1-2H3,(H,19,20)(H,21,22). The first-order chi connectivity index (χ1) is 10.6. The van der Waals surface area contributed by atoms with Crippen LogP contribution in [0, 0.1) is 6.92 Å². The Balaban J connectivity index is 2.11. The van der Waals surface area contributed by atoms with E-state index in [-0.39, 0.29) is 5.92 Å². The van der Waals surface area contributed by atoms with Gasteiger partial charge in [0.2, 0.25) is 0 Å². The zero-order valence-electron chi connectivity index (χ0n) is 12.6. The average Bonchev–Trinajstić information content (AvgIpc) is 2.50. The molecule has 1 aliphatic carbocycles. The van der Waals surface area contributed by atoms with Crippen molar-refractivity contribution in [1.82, 2.24) is 4.98 Å². The first-order valence-electron chi connectivity index (χ1n) is 7.32. The fraction of sp³-hybridized carbons (Fsp3) is 0.222. The minimum absolute atomic E-state index is 0.193. The maximum Gasteiger partial charge on any atom is 0.333 e. The minimum atomic E-state index is -0.878. The van der Waals surface area contributed by atoms with E-state index in [9.17, 15) is 9.90 Å². The number of benzene rings is 1.